The number of hydrogen-bond donors (Lipinski definition) is 1. The molecule has 6 heteroatoms. The van der Waals surface area contributed by atoms with Crippen LogP contribution in [0.1, 0.15) is 11.1 Å². The summed E-state index contributed by atoms with van der Waals surface area (Å²) in [5.41, 5.74) is -4.25. The van der Waals surface area contributed by atoms with Gasteiger partial charge in [-0.15, -0.1) is 0 Å². The van der Waals surface area contributed by atoms with Gasteiger partial charge in [-0.1, -0.05) is 46.3 Å². The Balaban J connectivity index is 2.74. The van der Waals surface area contributed by atoms with E-state index in [2.05, 4.69) is 15.9 Å². The summed E-state index contributed by atoms with van der Waals surface area (Å²) in [6.07, 6.45) is -5.00. The van der Waals surface area contributed by atoms with Crippen molar-refractivity contribution < 1.29 is 22.7 Å². The maximum atomic E-state index is 13.4. The van der Waals surface area contributed by atoms with E-state index in [0.717, 1.165) is 24.3 Å². The van der Waals surface area contributed by atoms with Crippen molar-refractivity contribution in [3.05, 3.63) is 69.9 Å². The number of rotatable bonds is 2. The van der Waals surface area contributed by atoms with E-state index in [9.17, 15) is 22.7 Å². The van der Waals surface area contributed by atoms with E-state index >= 15 is 0 Å². The summed E-state index contributed by atoms with van der Waals surface area (Å²) in [5, 5.41) is 10.3. The lowest BCUT2D eigenvalue weighted by Crippen LogP contribution is -2.43. The predicted molar refractivity (Wildman–Crippen MR) is 69.6 cm³/mol. The fourth-order valence-electron chi connectivity index (χ4n) is 1.94. The molecule has 0 radical (unpaired) electrons. The molecule has 20 heavy (non-hydrogen) atoms. The summed E-state index contributed by atoms with van der Waals surface area (Å²) < 4.78 is 53.5. The molecule has 0 aliphatic carbocycles. The zero-order chi connectivity index (χ0) is 15.0. The van der Waals surface area contributed by atoms with Crippen molar-refractivity contribution >= 4 is 15.9 Å². The number of aliphatic hydroxyl groups is 1. The zero-order valence-corrected chi connectivity index (χ0v) is 11.5. The summed E-state index contributed by atoms with van der Waals surface area (Å²) in [6.45, 7) is 0. The van der Waals surface area contributed by atoms with Crippen molar-refractivity contribution in [2.75, 3.05) is 0 Å². The lowest BCUT2D eigenvalue weighted by Gasteiger charge is -2.32. The number of alkyl halides is 3. The van der Waals surface area contributed by atoms with Crippen LogP contribution in [-0.4, -0.2) is 11.3 Å². The molecule has 2 rings (SSSR count). The minimum absolute atomic E-state index is 0.0871. The van der Waals surface area contributed by atoms with Gasteiger partial charge in [0.15, 0.2) is 0 Å². The summed E-state index contributed by atoms with van der Waals surface area (Å²) in [5.74, 6) is -0.850. The van der Waals surface area contributed by atoms with Gasteiger partial charge in [0.1, 0.15) is 5.82 Å². The number of benzene rings is 2. The molecule has 0 aromatic heterocycles. The van der Waals surface area contributed by atoms with E-state index < -0.39 is 28.7 Å². The third-order valence-electron chi connectivity index (χ3n) is 2.92. The van der Waals surface area contributed by atoms with E-state index in [0.29, 0.717) is 6.07 Å². The molecule has 0 heterocycles. The van der Waals surface area contributed by atoms with Gasteiger partial charge >= 0.3 is 6.18 Å². The first-order chi connectivity index (χ1) is 9.26. The second-order valence-corrected chi connectivity index (χ2v) is 5.05. The first-order valence-electron chi connectivity index (χ1n) is 5.57. The number of halogens is 5. The van der Waals surface area contributed by atoms with Gasteiger partial charge in [-0.25, -0.2) is 4.39 Å². The van der Waals surface area contributed by atoms with Crippen LogP contribution in [0.15, 0.2) is 53.0 Å². The lowest BCUT2D eigenvalue weighted by atomic mass is 9.85. The van der Waals surface area contributed by atoms with Crippen LogP contribution in [0.5, 0.6) is 0 Å². The molecule has 1 N–H and O–H groups in total. The van der Waals surface area contributed by atoms with E-state index in [1.54, 1.807) is 0 Å². The SMILES string of the molecule is OC(c1cccc(F)c1)(c1ccccc1Br)C(F)(F)F. The lowest BCUT2D eigenvalue weighted by molar-refractivity contribution is -0.248. The molecular formula is C14H9BrF4O. The summed E-state index contributed by atoms with van der Waals surface area (Å²) in [4.78, 5) is 0. The smallest absolute Gasteiger partial charge is 0.372 e. The van der Waals surface area contributed by atoms with E-state index in [4.69, 9.17) is 0 Å². The van der Waals surface area contributed by atoms with Gasteiger partial charge in [0.2, 0.25) is 5.60 Å². The molecule has 2 aromatic rings. The second-order valence-electron chi connectivity index (χ2n) is 4.20. The van der Waals surface area contributed by atoms with Gasteiger partial charge in [0.05, 0.1) is 0 Å². The molecule has 1 nitrogen and oxygen atoms in total. The van der Waals surface area contributed by atoms with Crippen LogP contribution in [0.3, 0.4) is 0 Å². The van der Waals surface area contributed by atoms with Gasteiger partial charge < -0.3 is 5.11 Å². The molecule has 0 bridgehead atoms. The van der Waals surface area contributed by atoms with Crippen LogP contribution >= 0.6 is 15.9 Å². The standard InChI is InChI=1S/C14H9BrF4O/c15-12-7-2-1-6-11(12)13(20,14(17,18)19)9-4-3-5-10(16)8-9/h1-8,20H. The Hall–Kier alpha value is -1.40. The third kappa shape index (κ3) is 2.45. The van der Waals surface area contributed by atoms with Crippen LogP contribution in [0.4, 0.5) is 17.6 Å². The summed E-state index contributed by atoms with van der Waals surface area (Å²) in [7, 11) is 0. The van der Waals surface area contributed by atoms with Gasteiger partial charge in [-0.3, -0.25) is 0 Å². The van der Waals surface area contributed by atoms with Crippen molar-refractivity contribution in [1.82, 2.24) is 0 Å². The maximum absolute atomic E-state index is 13.4. The molecule has 0 amide bonds. The van der Waals surface area contributed by atoms with Gasteiger partial charge in [-0.05, 0) is 18.2 Å². The Morgan fingerprint density at radius 2 is 1.60 bits per heavy atom. The van der Waals surface area contributed by atoms with E-state index in [-0.39, 0.29) is 4.47 Å². The van der Waals surface area contributed by atoms with Crippen molar-refractivity contribution in [3.8, 4) is 0 Å². The fraction of sp³-hybridized carbons (Fsp3) is 0.143. The molecule has 106 valence electrons. The first-order valence-corrected chi connectivity index (χ1v) is 6.36. The van der Waals surface area contributed by atoms with Crippen LogP contribution in [0.25, 0.3) is 0 Å². The molecule has 1 atom stereocenters. The van der Waals surface area contributed by atoms with Gasteiger partial charge in [-0.2, -0.15) is 13.2 Å². The highest BCUT2D eigenvalue weighted by molar-refractivity contribution is 9.10. The molecule has 0 spiro atoms. The minimum atomic E-state index is -5.00. The molecule has 0 saturated carbocycles. The van der Waals surface area contributed by atoms with Crippen LogP contribution in [0.2, 0.25) is 0 Å². The Bertz CT molecular complexity index is 627. The topological polar surface area (TPSA) is 20.2 Å². The van der Waals surface area contributed by atoms with Crippen molar-refractivity contribution in [3.63, 3.8) is 0 Å². The molecule has 2 aromatic carbocycles. The normalized spacial score (nSPS) is 14.9. The Morgan fingerprint density at radius 1 is 0.950 bits per heavy atom. The average Bonchev–Trinajstić information content (AvgIpc) is 2.37. The molecule has 0 aliphatic heterocycles. The molecule has 0 fully saturated rings. The second kappa shape index (κ2) is 5.18. The molecular weight excluding hydrogens is 340 g/mol. The fourth-order valence-corrected chi connectivity index (χ4v) is 2.51. The average molecular weight is 349 g/mol. The van der Waals surface area contributed by atoms with Crippen molar-refractivity contribution in [2.24, 2.45) is 0 Å². The summed E-state index contributed by atoms with van der Waals surface area (Å²) in [6, 6.07) is 9.27. The number of hydrogen-bond acceptors (Lipinski definition) is 1. The quantitative estimate of drug-likeness (QED) is 0.798. The van der Waals surface area contributed by atoms with Gasteiger partial charge in [0.25, 0.3) is 0 Å². The Kier molecular flexibility index (Phi) is 3.88. The molecule has 0 saturated heterocycles. The zero-order valence-electron chi connectivity index (χ0n) is 9.96. The van der Waals surface area contributed by atoms with Crippen LogP contribution in [-0.2, 0) is 5.60 Å². The van der Waals surface area contributed by atoms with E-state index in [1.807, 2.05) is 0 Å². The van der Waals surface area contributed by atoms with E-state index in [1.165, 1.54) is 18.2 Å². The van der Waals surface area contributed by atoms with Crippen LogP contribution in [0, 0.1) is 5.82 Å². The predicted octanol–water partition coefficient (Wildman–Crippen LogP) is 4.39. The Morgan fingerprint density at radius 3 is 2.15 bits per heavy atom. The monoisotopic (exact) mass is 348 g/mol. The molecule has 0 aliphatic rings. The van der Waals surface area contributed by atoms with Crippen LogP contribution < -0.4 is 0 Å². The maximum Gasteiger partial charge on any atom is 0.425 e. The minimum Gasteiger partial charge on any atom is -0.372 e. The third-order valence-corrected chi connectivity index (χ3v) is 3.61. The largest absolute Gasteiger partial charge is 0.425 e. The first kappa shape index (κ1) is 15.0. The highest BCUT2D eigenvalue weighted by Crippen LogP contribution is 2.46. The highest BCUT2D eigenvalue weighted by atomic mass is 79.9. The van der Waals surface area contributed by atoms with Gasteiger partial charge in [0, 0.05) is 15.6 Å². The Labute approximate surface area is 121 Å². The summed E-state index contributed by atoms with van der Waals surface area (Å²) >= 11 is 2.99. The highest BCUT2D eigenvalue weighted by Gasteiger charge is 2.57. The molecule has 1 unspecified atom stereocenters. The van der Waals surface area contributed by atoms with Crippen molar-refractivity contribution in [2.45, 2.75) is 11.8 Å². The van der Waals surface area contributed by atoms with Crippen molar-refractivity contribution in [1.29, 1.82) is 0 Å².